The molecule has 1 saturated carbocycles. The lowest BCUT2D eigenvalue weighted by Crippen LogP contribution is -2.33. The zero-order valence-electron chi connectivity index (χ0n) is 11.7. The number of hydrogen-bond donors (Lipinski definition) is 1. The number of carbonyl (C=O) groups excluding carboxylic acids is 1. The van der Waals surface area contributed by atoms with Crippen LogP contribution in [0.15, 0.2) is 28.7 Å². The van der Waals surface area contributed by atoms with Gasteiger partial charge in [-0.2, -0.15) is 0 Å². The first-order valence-corrected chi connectivity index (χ1v) is 7.39. The molecule has 1 aromatic carbocycles. The Bertz CT molecular complexity index is 463. The van der Waals surface area contributed by atoms with Gasteiger partial charge in [-0.3, -0.25) is 9.59 Å². The highest BCUT2D eigenvalue weighted by Gasteiger charge is 2.38. The number of rotatable bonds is 3. The fourth-order valence-corrected chi connectivity index (χ4v) is 2.74. The van der Waals surface area contributed by atoms with Crippen LogP contribution in [0.4, 0.5) is 4.39 Å². The van der Waals surface area contributed by atoms with Crippen LogP contribution in [0.5, 0.6) is 0 Å². The van der Waals surface area contributed by atoms with Gasteiger partial charge in [-0.1, -0.05) is 34.5 Å². The van der Waals surface area contributed by atoms with Gasteiger partial charge in [-0.05, 0) is 30.5 Å². The molecule has 0 amide bonds. The highest BCUT2D eigenvalue weighted by atomic mass is 79.9. The minimum absolute atomic E-state index is 0.280. The second-order valence-corrected chi connectivity index (χ2v) is 5.73. The molecule has 0 aromatic heterocycles. The van der Waals surface area contributed by atoms with Gasteiger partial charge in [-0.25, -0.2) is 4.39 Å². The molecular weight excluding hydrogens is 343 g/mol. The molecule has 0 radical (unpaired) electrons. The summed E-state index contributed by atoms with van der Waals surface area (Å²) in [4.78, 5) is 19.9. The lowest BCUT2D eigenvalue weighted by Gasteiger charge is -2.31. The molecule has 3 unspecified atom stereocenters. The topological polar surface area (TPSA) is 63.6 Å². The third-order valence-electron chi connectivity index (χ3n) is 3.51. The molecule has 4 nitrogen and oxygen atoms in total. The van der Waals surface area contributed by atoms with Crippen LogP contribution >= 0.6 is 15.9 Å². The number of hydrogen-bond acceptors (Lipinski definition) is 3. The molecule has 2 rings (SSSR count). The van der Waals surface area contributed by atoms with Crippen LogP contribution in [0.25, 0.3) is 0 Å². The second-order valence-electron chi connectivity index (χ2n) is 4.81. The van der Waals surface area contributed by atoms with E-state index in [1.807, 2.05) is 24.3 Å². The van der Waals surface area contributed by atoms with Crippen molar-refractivity contribution in [2.45, 2.75) is 31.4 Å². The van der Waals surface area contributed by atoms with Gasteiger partial charge in [0.2, 0.25) is 0 Å². The van der Waals surface area contributed by atoms with Crippen LogP contribution in [-0.2, 0) is 14.3 Å². The maximum Gasteiger partial charge on any atom is 0.309 e. The summed E-state index contributed by atoms with van der Waals surface area (Å²) in [6, 6.07) is 7.47. The van der Waals surface area contributed by atoms with Crippen molar-refractivity contribution >= 4 is 28.4 Å². The maximum atomic E-state index is 14.2. The normalized spacial score (nSPS) is 24.4. The molecular formula is C15H18BrFO4. The number of carboxylic acids is 1. The van der Waals surface area contributed by atoms with Gasteiger partial charge >= 0.3 is 5.97 Å². The molecule has 0 bridgehead atoms. The molecule has 0 heterocycles. The molecule has 1 fully saturated rings. The number of halogens is 2. The second kappa shape index (κ2) is 8.77. The van der Waals surface area contributed by atoms with E-state index in [1.165, 1.54) is 7.11 Å². The summed E-state index contributed by atoms with van der Waals surface area (Å²) >= 11 is 3.33. The summed E-state index contributed by atoms with van der Waals surface area (Å²) in [7, 11) is 1.31. The zero-order valence-corrected chi connectivity index (χ0v) is 13.3. The van der Waals surface area contributed by atoms with Crippen molar-refractivity contribution in [1.29, 1.82) is 0 Å². The first kappa shape index (κ1) is 17.6. The highest BCUT2D eigenvalue weighted by molar-refractivity contribution is 9.10. The third-order valence-corrected chi connectivity index (χ3v) is 4.04. The van der Waals surface area contributed by atoms with Crippen molar-refractivity contribution in [1.82, 2.24) is 0 Å². The number of alkyl halides is 1. The molecule has 0 saturated heterocycles. The van der Waals surface area contributed by atoms with Crippen LogP contribution in [0, 0.1) is 5.92 Å². The summed E-state index contributed by atoms with van der Waals surface area (Å²) < 4.78 is 19.0. The summed E-state index contributed by atoms with van der Waals surface area (Å²) in [5, 5.41) is 8.97. The fourth-order valence-electron chi connectivity index (χ4n) is 2.48. The average Bonchev–Trinajstić information content (AvgIpc) is 2.48. The first-order valence-electron chi connectivity index (χ1n) is 6.60. The predicted molar refractivity (Wildman–Crippen MR) is 79.8 cm³/mol. The quantitative estimate of drug-likeness (QED) is 0.837. The molecule has 1 aliphatic rings. The lowest BCUT2D eigenvalue weighted by atomic mass is 9.76. The molecule has 3 atom stereocenters. The predicted octanol–water partition coefficient (Wildman–Crippen LogP) is 3.54. The van der Waals surface area contributed by atoms with Crippen molar-refractivity contribution in [3.63, 3.8) is 0 Å². The van der Waals surface area contributed by atoms with E-state index in [0.29, 0.717) is 12.9 Å². The Morgan fingerprint density at radius 3 is 2.43 bits per heavy atom. The minimum atomic E-state index is -1.28. The van der Waals surface area contributed by atoms with E-state index in [1.54, 1.807) is 0 Å². The highest BCUT2D eigenvalue weighted by Crippen LogP contribution is 2.39. The van der Waals surface area contributed by atoms with E-state index in [4.69, 9.17) is 9.90 Å². The Labute approximate surface area is 131 Å². The van der Waals surface area contributed by atoms with Crippen molar-refractivity contribution < 1.29 is 23.8 Å². The molecule has 0 spiro atoms. The number of methoxy groups -OCH3 is 1. The summed E-state index contributed by atoms with van der Waals surface area (Å²) in [6.45, 7) is 0.375. The molecule has 0 aliphatic heterocycles. The molecule has 21 heavy (non-hydrogen) atoms. The minimum Gasteiger partial charge on any atom is -0.481 e. The van der Waals surface area contributed by atoms with Gasteiger partial charge in [-0.15, -0.1) is 0 Å². The van der Waals surface area contributed by atoms with Gasteiger partial charge < -0.3 is 9.84 Å². The van der Waals surface area contributed by atoms with Crippen molar-refractivity contribution in [2.75, 3.05) is 7.11 Å². The molecule has 1 aromatic rings. The van der Waals surface area contributed by atoms with Crippen molar-refractivity contribution in [2.24, 2.45) is 5.92 Å². The molecule has 6 heteroatoms. The fraction of sp³-hybridized carbons (Fsp3) is 0.467. The van der Waals surface area contributed by atoms with Crippen LogP contribution in [-0.4, -0.2) is 30.8 Å². The molecule has 116 valence electrons. The van der Waals surface area contributed by atoms with E-state index in [9.17, 15) is 9.18 Å². The van der Waals surface area contributed by atoms with Crippen LogP contribution in [0.3, 0.4) is 0 Å². The Morgan fingerprint density at radius 2 is 1.95 bits per heavy atom. The number of ether oxygens (including phenoxy) is 1. The van der Waals surface area contributed by atoms with E-state index in [2.05, 4.69) is 20.7 Å². The van der Waals surface area contributed by atoms with Crippen LogP contribution in [0.2, 0.25) is 0 Å². The summed E-state index contributed by atoms with van der Waals surface area (Å²) in [5.41, 5.74) is 0.895. The first-order chi connectivity index (χ1) is 10.0. The maximum absolute atomic E-state index is 14.2. The summed E-state index contributed by atoms with van der Waals surface area (Å²) in [5.74, 6) is -2.14. The van der Waals surface area contributed by atoms with Gasteiger partial charge in [0.05, 0.1) is 13.0 Å². The third kappa shape index (κ3) is 5.12. The average molecular weight is 361 g/mol. The largest absolute Gasteiger partial charge is 0.481 e. The van der Waals surface area contributed by atoms with Gasteiger partial charge in [0, 0.05) is 10.4 Å². The van der Waals surface area contributed by atoms with Crippen molar-refractivity contribution in [3.05, 3.63) is 34.3 Å². The van der Waals surface area contributed by atoms with E-state index in [0.717, 1.165) is 22.9 Å². The van der Waals surface area contributed by atoms with Crippen molar-refractivity contribution in [3.8, 4) is 0 Å². The Kier molecular flexibility index (Phi) is 7.36. The van der Waals surface area contributed by atoms with E-state index in [-0.39, 0.29) is 5.92 Å². The zero-order chi connectivity index (χ0) is 15.8. The van der Waals surface area contributed by atoms with Crippen LogP contribution < -0.4 is 0 Å². The molecule has 1 N–H and O–H groups in total. The number of carbonyl (C=O) groups is 2. The Balaban J connectivity index is 0.000000491. The van der Waals surface area contributed by atoms with Gasteiger partial charge in [0.15, 0.2) is 0 Å². The SMILES string of the molecule is COC=O.O=C(O)C1CCCC(c2ccc(Br)cc2)C1F. The van der Waals surface area contributed by atoms with Crippen LogP contribution in [0.1, 0.15) is 30.7 Å². The smallest absolute Gasteiger partial charge is 0.309 e. The lowest BCUT2D eigenvalue weighted by molar-refractivity contribution is -0.145. The van der Waals surface area contributed by atoms with E-state index < -0.39 is 18.1 Å². The van der Waals surface area contributed by atoms with Gasteiger partial charge in [0.25, 0.3) is 6.47 Å². The summed E-state index contributed by atoms with van der Waals surface area (Å²) in [6.07, 6.45) is 0.677. The molecule has 1 aliphatic carbocycles. The van der Waals surface area contributed by atoms with Gasteiger partial charge in [0.1, 0.15) is 6.17 Å². The number of benzene rings is 1. The monoisotopic (exact) mass is 360 g/mol. The number of carboxylic acid groups (broad SMARTS) is 1. The Morgan fingerprint density at radius 1 is 1.38 bits per heavy atom. The standard InChI is InChI=1S/C13H14BrFO2.C2H4O2/c14-9-6-4-8(5-7-9)10-2-1-3-11(12(10)15)13(16)17;1-4-2-3/h4-7,10-12H,1-3H2,(H,16,17);2H,1H3. The van der Waals surface area contributed by atoms with E-state index >= 15 is 0 Å². The Hall–Kier alpha value is -1.43. The number of aliphatic carboxylic acids is 1.